The highest BCUT2D eigenvalue weighted by atomic mass is 16.6. The molecule has 4 rings (SSSR count). The smallest absolute Gasteiger partial charge is 0.411 e. The molecule has 4 nitrogen and oxygen atoms in total. The van der Waals surface area contributed by atoms with Gasteiger partial charge in [0.2, 0.25) is 0 Å². The summed E-state index contributed by atoms with van der Waals surface area (Å²) in [6.07, 6.45) is 15.6. The lowest BCUT2D eigenvalue weighted by Crippen LogP contribution is -2.50. The first-order chi connectivity index (χ1) is 14.7. The van der Waals surface area contributed by atoms with Crippen molar-refractivity contribution in [1.82, 2.24) is 4.90 Å². The van der Waals surface area contributed by atoms with Gasteiger partial charge in [0.05, 0.1) is 18.2 Å². The van der Waals surface area contributed by atoms with Crippen LogP contribution in [0.1, 0.15) is 92.9 Å². The molecular weight excluding hydrogens is 386 g/mol. The SMILES string of the molecule is C[C@@H]1O[C@H](C)[C@H]2CC3CCCC[C@@H]3[C@@H](/C=C/C3CCC[C@H](C)N3C(=O)OC(C)(C)C)C12. The number of likely N-dealkylation sites (tertiary alicyclic amines) is 1. The summed E-state index contributed by atoms with van der Waals surface area (Å²) in [5.74, 6) is 3.55. The molecule has 9 atom stereocenters. The molecule has 1 amide bonds. The lowest BCUT2D eigenvalue weighted by molar-refractivity contribution is 0.00307. The van der Waals surface area contributed by atoms with Crippen molar-refractivity contribution in [3.05, 3.63) is 12.2 Å². The average molecular weight is 432 g/mol. The van der Waals surface area contributed by atoms with Crippen LogP contribution in [-0.4, -0.2) is 40.9 Å². The first kappa shape index (κ1) is 23.1. The highest BCUT2D eigenvalue weighted by Gasteiger charge is 2.52. The molecule has 2 saturated carbocycles. The second-order valence-corrected chi connectivity index (χ2v) is 11.9. The summed E-state index contributed by atoms with van der Waals surface area (Å²) in [4.78, 5) is 15.1. The number of carbonyl (C=O) groups excluding carboxylic acids is 1. The zero-order chi connectivity index (χ0) is 22.3. The topological polar surface area (TPSA) is 38.8 Å². The van der Waals surface area contributed by atoms with E-state index in [4.69, 9.17) is 9.47 Å². The molecule has 4 fully saturated rings. The monoisotopic (exact) mass is 431 g/mol. The molecule has 2 heterocycles. The highest BCUT2D eigenvalue weighted by molar-refractivity contribution is 5.69. The van der Waals surface area contributed by atoms with Crippen LogP contribution in [0.5, 0.6) is 0 Å². The fraction of sp³-hybridized carbons (Fsp3) is 0.889. The number of carbonyl (C=O) groups is 1. The number of hydrogen-bond donors (Lipinski definition) is 0. The summed E-state index contributed by atoms with van der Waals surface area (Å²) in [6.45, 7) is 12.6. The van der Waals surface area contributed by atoms with Crippen LogP contribution in [0.2, 0.25) is 0 Å². The number of allylic oxidation sites excluding steroid dienone is 1. The van der Waals surface area contributed by atoms with Gasteiger partial charge in [-0.05, 0) is 103 Å². The Hall–Kier alpha value is -1.03. The molecule has 0 bridgehead atoms. The van der Waals surface area contributed by atoms with Crippen LogP contribution in [0.25, 0.3) is 0 Å². The molecule has 3 unspecified atom stereocenters. The molecule has 0 N–H and O–H groups in total. The molecule has 176 valence electrons. The first-order valence-corrected chi connectivity index (χ1v) is 13.0. The Morgan fingerprint density at radius 3 is 2.42 bits per heavy atom. The van der Waals surface area contributed by atoms with E-state index in [1.165, 1.54) is 38.5 Å². The summed E-state index contributed by atoms with van der Waals surface area (Å²) < 4.78 is 12.1. The van der Waals surface area contributed by atoms with Crippen LogP contribution in [0.4, 0.5) is 4.79 Å². The molecule has 31 heavy (non-hydrogen) atoms. The van der Waals surface area contributed by atoms with Crippen molar-refractivity contribution >= 4 is 6.09 Å². The van der Waals surface area contributed by atoms with Crippen LogP contribution >= 0.6 is 0 Å². The fourth-order valence-electron chi connectivity index (χ4n) is 7.38. The van der Waals surface area contributed by atoms with Crippen LogP contribution < -0.4 is 0 Å². The number of nitrogens with zero attached hydrogens (tertiary/aromatic N) is 1. The van der Waals surface area contributed by atoms with E-state index in [9.17, 15) is 4.79 Å². The molecule has 2 saturated heterocycles. The number of ether oxygens (including phenoxy) is 2. The predicted molar refractivity (Wildman–Crippen MR) is 125 cm³/mol. The van der Waals surface area contributed by atoms with Gasteiger partial charge in [0.1, 0.15) is 5.60 Å². The quantitative estimate of drug-likeness (QED) is 0.463. The van der Waals surface area contributed by atoms with Gasteiger partial charge >= 0.3 is 6.09 Å². The summed E-state index contributed by atoms with van der Waals surface area (Å²) >= 11 is 0. The van der Waals surface area contributed by atoms with Gasteiger partial charge in [-0.3, -0.25) is 4.90 Å². The lowest BCUT2D eigenvalue weighted by Gasteiger charge is -2.47. The van der Waals surface area contributed by atoms with Crippen molar-refractivity contribution in [2.24, 2.45) is 29.6 Å². The van der Waals surface area contributed by atoms with Gasteiger partial charge < -0.3 is 9.47 Å². The fourth-order valence-corrected chi connectivity index (χ4v) is 7.38. The van der Waals surface area contributed by atoms with Crippen LogP contribution in [-0.2, 0) is 9.47 Å². The molecule has 0 aromatic rings. The van der Waals surface area contributed by atoms with Crippen molar-refractivity contribution in [1.29, 1.82) is 0 Å². The van der Waals surface area contributed by atoms with Crippen LogP contribution in [0.3, 0.4) is 0 Å². The Balaban J connectivity index is 1.57. The third-order valence-electron chi connectivity index (χ3n) is 8.66. The van der Waals surface area contributed by atoms with E-state index in [-0.39, 0.29) is 18.2 Å². The second-order valence-electron chi connectivity index (χ2n) is 11.9. The standard InChI is InChI=1S/C27H45NO3/c1-17-10-9-12-21(28(17)26(29)31-27(4,5)6)14-15-23-22-13-8-7-11-20(22)16-24-18(2)30-19(3)25(23)24/h14-15,17-25H,7-13,16H2,1-6H3/b15-14+/t17-,18+,19-,20?,21?,22-,23+,24+,25?/m0/s1. The molecule has 0 aromatic heterocycles. The van der Waals surface area contributed by atoms with E-state index in [0.29, 0.717) is 30.0 Å². The number of rotatable bonds is 2. The molecule has 4 aliphatic rings. The van der Waals surface area contributed by atoms with E-state index in [1.54, 1.807) is 0 Å². The third-order valence-corrected chi connectivity index (χ3v) is 8.66. The molecular formula is C27H45NO3. The maximum Gasteiger partial charge on any atom is 0.411 e. The van der Waals surface area contributed by atoms with E-state index < -0.39 is 5.60 Å². The Labute approximate surface area is 190 Å². The summed E-state index contributed by atoms with van der Waals surface area (Å²) in [6, 6.07) is 0.379. The van der Waals surface area contributed by atoms with Gasteiger partial charge in [-0.2, -0.15) is 0 Å². The summed E-state index contributed by atoms with van der Waals surface area (Å²) in [5.41, 5.74) is -0.457. The maximum absolute atomic E-state index is 13.0. The van der Waals surface area contributed by atoms with Crippen LogP contribution in [0, 0.1) is 29.6 Å². The van der Waals surface area contributed by atoms with Crippen molar-refractivity contribution in [2.45, 2.75) is 123 Å². The van der Waals surface area contributed by atoms with Gasteiger partial charge in [0.25, 0.3) is 0 Å². The largest absolute Gasteiger partial charge is 0.444 e. The zero-order valence-electron chi connectivity index (χ0n) is 20.7. The van der Waals surface area contributed by atoms with Crippen molar-refractivity contribution in [3.8, 4) is 0 Å². The third kappa shape index (κ3) is 4.84. The van der Waals surface area contributed by atoms with Gasteiger partial charge in [-0.15, -0.1) is 0 Å². The molecule has 0 radical (unpaired) electrons. The Morgan fingerprint density at radius 1 is 0.935 bits per heavy atom. The van der Waals surface area contributed by atoms with E-state index >= 15 is 0 Å². The average Bonchev–Trinajstić information content (AvgIpc) is 2.97. The number of amides is 1. The van der Waals surface area contributed by atoms with Gasteiger partial charge in [0, 0.05) is 6.04 Å². The minimum absolute atomic E-state index is 0.149. The minimum atomic E-state index is -0.457. The second kappa shape index (κ2) is 9.08. The predicted octanol–water partition coefficient (Wildman–Crippen LogP) is 6.59. The number of hydrogen-bond acceptors (Lipinski definition) is 3. The highest BCUT2D eigenvalue weighted by Crippen LogP contribution is 2.54. The van der Waals surface area contributed by atoms with Gasteiger partial charge in [0.15, 0.2) is 0 Å². The summed E-state index contributed by atoms with van der Waals surface area (Å²) in [7, 11) is 0. The molecule has 2 aliphatic heterocycles. The molecule has 0 aromatic carbocycles. The number of piperidine rings is 1. The van der Waals surface area contributed by atoms with Gasteiger partial charge in [-0.1, -0.05) is 31.4 Å². The van der Waals surface area contributed by atoms with E-state index in [0.717, 1.165) is 24.7 Å². The maximum atomic E-state index is 13.0. The zero-order valence-corrected chi connectivity index (χ0v) is 20.7. The Bertz CT molecular complexity index is 668. The lowest BCUT2D eigenvalue weighted by atomic mass is 9.56. The van der Waals surface area contributed by atoms with E-state index in [2.05, 4.69) is 32.9 Å². The van der Waals surface area contributed by atoms with E-state index in [1.807, 2.05) is 25.7 Å². The number of fused-ring (bicyclic) bond motifs is 2. The Kier molecular flexibility index (Phi) is 6.77. The van der Waals surface area contributed by atoms with Gasteiger partial charge in [-0.25, -0.2) is 4.79 Å². The van der Waals surface area contributed by atoms with Crippen LogP contribution in [0.15, 0.2) is 12.2 Å². The molecule has 2 aliphatic carbocycles. The summed E-state index contributed by atoms with van der Waals surface area (Å²) in [5, 5.41) is 0. The molecule has 4 heteroatoms. The first-order valence-electron chi connectivity index (χ1n) is 13.0. The minimum Gasteiger partial charge on any atom is -0.444 e. The van der Waals surface area contributed by atoms with Crippen molar-refractivity contribution in [2.75, 3.05) is 0 Å². The normalized spacial score (nSPS) is 43.5. The molecule has 0 spiro atoms. The van der Waals surface area contributed by atoms with Crippen molar-refractivity contribution in [3.63, 3.8) is 0 Å². The van der Waals surface area contributed by atoms with Crippen molar-refractivity contribution < 1.29 is 14.3 Å². The Morgan fingerprint density at radius 2 is 1.68 bits per heavy atom.